The Kier molecular flexibility index (Phi) is 8.45. The molecule has 1 saturated heterocycles. The highest BCUT2D eigenvalue weighted by molar-refractivity contribution is 7.92. The number of carbonyl (C=O) groups excluding carboxylic acids is 1. The van der Waals surface area contributed by atoms with Crippen molar-refractivity contribution in [2.75, 3.05) is 0 Å². The van der Waals surface area contributed by atoms with E-state index < -0.39 is 49.7 Å². The quantitative estimate of drug-likeness (QED) is 0.248. The van der Waals surface area contributed by atoms with Crippen LogP contribution in [0.5, 0.6) is 0 Å². The van der Waals surface area contributed by atoms with E-state index in [1.807, 2.05) is 6.07 Å². The largest absolute Gasteiger partial charge is 0.481 e. The molecule has 1 heterocycles. The Labute approximate surface area is 255 Å². The summed E-state index contributed by atoms with van der Waals surface area (Å²) in [6.45, 7) is 1.79. The van der Waals surface area contributed by atoms with Crippen LogP contribution in [-0.4, -0.2) is 31.4 Å². The van der Waals surface area contributed by atoms with Gasteiger partial charge in [-0.25, -0.2) is 12.8 Å². The molecule has 1 amide bonds. The van der Waals surface area contributed by atoms with Crippen LogP contribution in [0.2, 0.25) is 10.0 Å². The van der Waals surface area contributed by atoms with Crippen molar-refractivity contribution in [2.24, 2.45) is 11.3 Å². The molecular weight excluding hydrogens is 600 g/mol. The van der Waals surface area contributed by atoms with Crippen LogP contribution in [-0.2, 0) is 24.2 Å². The number of piperidine rings is 1. The van der Waals surface area contributed by atoms with Crippen molar-refractivity contribution >= 4 is 44.9 Å². The summed E-state index contributed by atoms with van der Waals surface area (Å²) >= 11 is 12.6. The second kappa shape index (κ2) is 11.6. The molecule has 0 spiro atoms. The number of carboxylic acids is 1. The minimum absolute atomic E-state index is 0.00602. The van der Waals surface area contributed by atoms with Gasteiger partial charge >= 0.3 is 5.97 Å². The number of carboxylic acid groups (broad SMARTS) is 1. The maximum absolute atomic E-state index is 14.7. The monoisotopic (exact) mass is 631 g/mol. The van der Waals surface area contributed by atoms with E-state index in [1.165, 1.54) is 18.2 Å². The van der Waals surface area contributed by atoms with Crippen LogP contribution in [0.1, 0.15) is 62.5 Å². The molecule has 6 nitrogen and oxygen atoms in total. The normalized spacial score (nSPS) is 24.0. The third-order valence-corrected chi connectivity index (χ3v) is 12.1. The van der Waals surface area contributed by atoms with Gasteiger partial charge in [0.1, 0.15) is 10.6 Å². The molecule has 0 bridgehead atoms. The van der Waals surface area contributed by atoms with E-state index in [0.29, 0.717) is 34.9 Å². The molecule has 3 aromatic rings. The third kappa shape index (κ3) is 5.56. The van der Waals surface area contributed by atoms with E-state index in [9.17, 15) is 27.5 Å². The highest BCUT2D eigenvalue weighted by atomic mass is 35.5. The van der Waals surface area contributed by atoms with Crippen molar-refractivity contribution in [2.45, 2.75) is 67.1 Å². The van der Waals surface area contributed by atoms with Crippen LogP contribution in [0.3, 0.4) is 0 Å². The molecule has 3 aromatic carbocycles. The summed E-state index contributed by atoms with van der Waals surface area (Å²) < 4.78 is 42.4. The summed E-state index contributed by atoms with van der Waals surface area (Å²) in [4.78, 5) is 25.5. The lowest BCUT2D eigenvalue weighted by atomic mass is 9.65. The number of halogens is 3. The van der Waals surface area contributed by atoms with Gasteiger partial charge in [-0.3, -0.25) is 9.59 Å². The molecular formula is C32H32Cl2FNO5S. The first-order chi connectivity index (χ1) is 19.9. The maximum atomic E-state index is 14.7. The van der Waals surface area contributed by atoms with Crippen LogP contribution < -0.4 is 5.32 Å². The molecule has 0 unspecified atom stereocenters. The topological polar surface area (TPSA) is 101 Å². The maximum Gasteiger partial charge on any atom is 0.304 e. The molecule has 10 heteroatoms. The number of benzene rings is 3. The zero-order valence-corrected chi connectivity index (χ0v) is 25.4. The molecule has 1 aliphatic heterocycles. The summed E-state index contributed by atoms with van der Waals surface area (Å²) in [5.74, 6) is -2.90. The Morgan fingerprint density at radius 1 is 1.05 bits per heavy atom. The lowest BCUT2D eigenvalue weighted by molar-refractivity contribution is -0.148. The van der Waals surface area contributed by atoms with Crippen LogP contribution in [0.25, 0.3) is 0 Å². The first kappa shape index (κ1) is 30.5. The number of hydrogen-bond acceptors (Lipinski definition) is 4. The van der Waals surface area contributed by atoms with Gasteiger partial charge in [0.15, 0.2) is 9.84 Å². The van der Waals surface area contributed by atoms with E-state index >= 15 is 0 Å². The summed E-state index contributed by atoms with van der Waals surface area (Å²) in [6, 6.07) is 18.1. The van der Waals surface area contributed by atoms with E-state index in [4.69, 9.17) is 23.2 Å². The van der Waals surface area contributed by atoms with Gasteiger partial charge in [-0.05, 0) is 91.6 Å². The van der Waals surface area contributed by atoms with Crippen molar-refractivity contribution in [3.63, 3.8) is 0 Å². The smallest absolute Gasteiger partial charge is 0.304 e. The molecule has 0 radical (unpaired) electrons. The van der Waals surface area contributed by atoms with Gasteiger partial charge in [0.25, 0.3) is 0 Å². The van der Waals surface area contributed by atoms with Gasteiger partial charge < -0.3 is 10.4 Å². The van der Waals surface area contributed by atoms with Crippen LogP contribution in [0.4, 0.5) is 4.39 Å². The molecule has 2 N–H and O–H groups in total. The SMILES string of the molecule is CC[C@@]1(CC(=O)O)C[C@H](c2cccc(Cl)c2)[C@H](C[C@@](c2ccc(Cl)cc2)(C2CC2)S(=O)(=O)c2cccc(F)c2)NC1=O. The number of amides is 1. The zero-order valence-electron chi connectivity index (χ0n) is 23.0. The number of rotatable bonds is 10. The fourth-order valence-corrected chi connectivity index (χ4v) is 9.48. The van der Waals surface area contributed by atoms with E-state index in [-0.39, 0.29) is 30.1 Å². The number of carbonyl (C=O) groups is 2. The first-order valence-corrected chi connectivity index (χ1v) is 16.2. The zero-order chi connectivity index (χ0) is 30.3. The van der Waals surface area contributed by atoms with Crippen molar-refractivity contribution in [3.05, 3.63) is 99.8 Å². The lowest BCUT2D eigenvalue weighted by Crippen LogP contribution is -2.57. The lowest BCUT2D eigenvalue weighted by Gasteiger charge is -2.47. The summed E-state index contributed by atoms with van der Waals surface area (Å²) in [7, 11) is -4.23. The Morgan fingerprint density at radius 2 is 1.74 bits per heavy atom. The van der Waals surface area contributed by atoms with Gasteiger partial charge in [0.05, 0.1) is 16.7 Å². The highest BCUT2D eigenvalue weighted by Gasteiger charge is 2.59. The van der Waals surface area contributed by atoms with Gasteiger partial charge in [0, 0.05) is 22.0 Å². The van der Waals surface area contributed by atoms with Gasteiger partial charge in [-0.1, -0.05) is 60.5 Å². The number of hydrogen-bond donors (Lipinski definition) is 2. The summed E-state index contributed by atoms with van der Waals surface area (Å²) in [5.41, 5.74) is 0.106. The van der Waals surface area contributed by atoms with Crippen molar-refractivity contribution in [3.8, 4) is 0 Å². The van der Waals surface area contributed by atoms with Crippen LogP contribution in [0, 0.1) is 17.2 Å². The van der Waals surface area contributed by atoms with E-state index in [1.54, 1.807) is 49.4 Å². The molecule has 42 heavy (non-hydrogen) atoms. The molecule has 222 valence electrons. The van der Waals surface area contributed by atoms with Crippen molar-refractivity contribution in [1.82, 2.24) is 5.32 Å². The summed E-state index contributed by atoms with van der Waals surface area (Å²) in [5, 5.41) is 13.7. The second-order valence-electron chi connectivity index (χ2n) is 11.5. The van der Waals surface area contributed by atoms with E-state index in [2.05, 4.69) is 5.32 Å². The minimum Gasteiger partial charge on any atom is -0.481 e. The molecule has 1 saturated carbocycles. The van der Waals surface area contributed by atoms with Gasteiger partial charge in [0.2, 0.25) is 5.91 Å². The van der Waals surface area contributed by atoms with Gasteiger partial charge in [-0.15, -0.1) is 0 Å². The predicted octanol–water partition coefficient (Wildman–Crippen LogP) is 7.15. The Bertz CT molecular complexity index is 1610. The van der Waals surface area contributed by atoms with Crippen molar-refractivity contribution in [1.29, 1.82) is 0 Å². The minimum atomic E-state index is -4.23. The highest BCUT2D eigenvalue weighted by Crippen LogP contribution is 2.57. The van der Waals surface area contributed by atoms with E-state index in [0.717, 1.165) is 11.6 Å². The molecule has 1 aliphatic carbocycles. The Hall–Kier alpha value is -2.94. The average molecular weight is 633 g/mol. The predicted molar refractivity (Wildman–Crippen MR) is 160 cm³/mol. The van der Waals surface area contributed by atoms with Gasteiger partial charge in [-0.2, -0.15) is 0 Å². The number of aliphatic carboxylic acids is 1. The third-order valence-electron chi connectivity index (χ3n) is 9.02. The molecule has 0 aromatic heterocycles. The fraction of sp³-hybridized carbons (Fsp3) is 0.375. The first-order valence-electron chi connectivity index (χ1n) is 14.0. The Balaban J connectivity index is 1.69. The number of sulfone groups is 1. The fourth-order valence-electron chi connectivity index (χ4n) is 6.69. The Morgan fingerprint density at radius 3 is 2.33 bits per heavy atom. The standard InChI is InChI=1S/C32H32Cl2FNO5S/c1-2-31(19-29(37)38)17-27(20-5-3-6-24(34)15-20)28(36-30(31)39)18-32(21-9-10-21,22-11-13-23(33)14-12-22)42(40,41)26-8-4-7-25(35)16-26/h3-8,11-16,21,27-28H,2,9-10,17-19H2,1H3,(H,36,39)(H,37,38)/t27-,28+,31+,32+/m1/s1. The number of nitrogens with one attached hydrogen (secondary N) is 1. The molecule has 2 fully saturated rings. The van der Waals surface area contributed by atoms with Crippen LogP contribution in [0.15, 0.2) is 77.7 Å². The van der Waals surface area contributed by atoms with Crippen molar-refractivity contribution < 1.29 is 27.5 Å². The average Bonchev–Trinajstić information content (AvgIpc) is 3.79. The molecule has 5 rings (SSSR count). The molecule has 2 aliphatic rings. The van der Waals surface area contributed by atoms with Crippen LogP contribution >= 0.6 is 23.2 Å². The summed E-state index contributed by atoms with van der Waals surface area (Å²) in [6.07, 6.45) is 1.41. The molecule has 4 atom stereocenters. The second-order valence-corrected chi connectivity index (χ2v) is 14.6.